The first-order valence-corrected chi connectivity index (χ1v) is 8.55. The molecule has 2 amide bonds. The molecular formula is C22H20N2O3. The van der Waals surface area contributed by atoms with Gasteiger partial charge in [-0.15, -0.1) is 0 Å². The Morgan fingerprint density at radius 1 is 0.815 bits per heavy atom. The highest BCUT2D eigenvalue weighted by Gasteiger charge is 2.15. The molecule has 136 valence electrons. The molecule has 0 heterocycles. The second kappa shape index (κ2) is 8.67. The molecular weight excluding hydrogens is 340 g/mol. The molecule has 0 radical (unpaired) electrons. The van der Waals surface area contributed by atoms with Crippen LogP contribution in [-0.2, 0) is 4.79 Å². The lowest BCUT2D eigenvalue weighted by atomic mass is 10.2. The van der Waals surface area contributed by atoms with Crippen LogP contribution in [0.4, 0.5) is 5.69 Å². The average molecular weight is 360 g/mol. The number of carbonyl (C=O) groups excluding carboxylic acids is 2. The fourth-order valence-electron chi connectivity index (χ4n) is 2.52. The van der Waals surface area contributed by atoms with Gasteiger partial charge >= 0.3 is 0 Å². The lowest BCUT2D eigenvalue weighted by Gasteiger charge is -2.17. The molecule has 0 aliphatic heterocycles. The van der Waals surface area contributed by atoms with E-state index in [-0.39, 0.29) is 18.4 Å². The van der Waals surface area contributed by atoms with E-state index in [1.165, 1.54) is 4.90 Å². The summed E-state index contributed by atoms with van der Waals surface area (Å²) in [5, 5.41) is 2.76. The van der Waals surface area contributed by atoms with E-state index >= 15 is 0 Å². The minimum Gasteiger partial charge on any atom is -0.457 e. The lowest BCUT2D eigenvalue weighted by molar-refractivity contribution is -0.116. The molecule has 1 N–H and O–H groups in total. The molecule has 0 saturated heterocycles. The molecule has 0 fully saturated rings. The molecule has 0 aromatic heterocycles. The summed E-state index contributed by atoms with van der Waals surface area (Å²) in [6.45, 7) is -0.0318. The number of hydrogen-bond acceptors (Lipinski definition) is 3. The molecule has 0 bridgehead atoms. The van der Waals surface area contributed by atoms with Crippen molar-refractivity contribution in [2.24, 2.45) is 0 Å². The summed E-state index contributed by atoms with van der Waals surface area (Å²) in [6.07, 6.45) is 0. The third kappa shape index (κ3) is 5.19. The van der Waals surface area contributed by atoms with Gasteiger partial charge in [-0.2, -0.15) is 0 Å². The Hall–Kier alpha value is -3.60. The second-order valence-electron chi connectivity index (χ2n) is 6.01. The van der Waals surface area contributed by atoms with Crippen LogP contribution in [0.2, 0.25) is 0 Å². The Balaban J connectivity index is 1.57. The second-order valence-corrected chi connectivity index (χ2v) is 6.01. The summed E-state index contributed by atoms with van der Waals surface area (Å²) in [6, 6.07) is 25.4. The highest BCUT2D eigenvalue weighted by atomic mass is 16.5. The number of nitrogens with zero attached hydrogens (tertiary/aromatic N) is 1. The van der Waals surface area contributed by atoms with Gasteiger partial charge in [-0.05, 0) is 48.5 Å². The summed E-state index contributed by atoms with van der Waals surface area (Å²) in [5.74, 6) is 0.888. The number of anilines is 1. The Kier molecular flexibility index (Phi) is 5.84. The standard InChI is InChI=1S/C22H20N2O3/c1-24(16-21(25)23-18-8-4-2-5-9-18)22(26)17-12-14-20(15-13-17)27-19-10-6-3-7-11-19/h2-15H,16H2,1H3,(H,23,25). The van der Waals surface area contributed by atoms with Crippen molar-refractivity contribution in [3.63, 3.8) is 0 Å². The van der Waals surface area contributed by atoms with Gasteiger partial charge in [0.2, 0.25) is 5.91 Å². The van der Waals surface area contributed by atoms with Gasteiger partial charge in [-0.25, -0.2) is 0 Å². The third-order valence-electron chi connectivity index (χ3n) is 3.87. The maximum Gasteiger partial charge on any atom is 0.254 e. The maximum absolute atomic E-state index is 12.5. The predicted octanol–water partition coefficient (Wildman–Crippen LogP) is 4.19. The van der Waals surface area contributed by atoms with Crippen LogP contribution in [0.25, 0.3) is 0 Å². The number of nitrogens with one attached hydrogen (secondary N) is 1. The van der Waals surface area contributed by atoms with Crippen molar-refractivity contribution in [2.45, 2.75) is 0 Å². The van der Waals surface area contributed by atoms with Gasteiger partial charge in [0.1, 0.15) is 11.5 Å². The van der Waals surface area contributed by atoms with Gasteiger partial charge < -0.3 is 15.0 Å². The number of carbonyl (C=O) groups is 2. The highest BCUT2D eigenvalue weighted by Crippen LogP contribution is 2.21. The summed E-state index contributed by atoms with van der Waals surface area (Å²) < 4.78 is 5.72. The van der Waals surface area contributed by atoms with Crippen molar-refractivity contribution >= 4 is 17.5 Å². The largest absolute Gasteiger partial charge is 0.457 e. The topological polar surface area (TPSA) is 58.6 Å². The highest BCUT2D eigenvalue weighted by molar-refractivity contribution is 5.99. The van der Waals surface area contributed by atoms with Crippen LogP contribution in [0.1, 0.15) is 10.4 Å². The van der Waals surface area contributed by atoms with Crippen molar-refractivity contribution in [3.05, 3.63) is 90.5 Å². The zero-order valence-corrected chi connectivity index (χ0v) is 15.0. The smallest absolute Gasteiger partial charge is 0.254 e. The lowest BCUT2D eigenvalue weighted by Crippen LogP contribution is -2.34. The number of para-hydroxylation sites is 2. The zero-order chi connectivity index (χ0) is 19.1. The Morgan fingerprint density at radius 3 is 2.00 bits per heavy atom. The first-order valence-electron chi connectivity index (χ1n) is 8.55. The molecule has 0 unspecified atom stereocenters. The van der Waals surface area contributed by atoms with E-state index in [0.717, 1.165) is 5.75 Å². The molecule has 0 saturated carbocycles. The minimum atomic E-state index is -0.249. The number of benzene rings is 3. The molecule has 5 nitrogen and oxygen atoms in total. The molecule has 3 rings (SSSR count). The molecule has 5 heteroatoms. The monoisotopic (exact) mass is 360 g/mol. The Labute approximate surface area is 158 Å². The first kappa shape index (κ1) is 18.2. The van der Waals surface area contributed by atoms with Crippen molar-refractivity contribution in [3.8, 4) is 11.5 Å². The van der Waals surface area contributed by atoms with Crippen LogP contribution in [0, 0.1) is 0 Å². The van der Waals surface area contributed by atoms with Crippen LogP contribution in [0.15, 0.2) is 84.9 Å². The van der Waals surface area contributed by atoms with Crippen LogP contribution < -0.4 is 10.1 Å². The van der Waals surface area contributed by atoms with E-state index < -0.39 is 0 Å². The predicted molar refractivity (Wildman–Crippen MR) is 105 cm³/mol. The van der Waals surface area contributed by atoms with Gasteiger partial charge in [0.05, 0.1) is 6.54 Å². The SMILES string of the molecule is CN(CC(=O)Nc1ccccc1)C(=O)c1ccc(Oc2ccccc2)cc1. The Bertz CT molecular complexity index is 894. The summed E-state index contributed by atoms with van der Waals surface area (Å²) in [4.78, 5) is 26.0. The normalized spacial score (nSPS) is 10.1. The van der Waals surface area contributed by atoms with Gasteiger partial charge in [0, 0.05) is 18.3 Å². The van der Waals surface area contributed by atoms with Crippen molar-refractivity contribution in [1.29, 1.82) is 0 Å². The molecule has 0 aliphatic carbocycles. The summed E-state index contributed by atoms with van der Waals surface area (Å²) in [5.41, 5.74) is 1.19. The molecule has 3 aromatic carbocycles. The van der Waals surface area contributed by atoms with E-state index in [1.54, 1.807) is 43.4 Å². The molecule has 3 aromatic rings. The third-order valence-corrected chi connectivity index (χ3v) is 3.87. The molecule has 0 atom stereocenters. The van der Waals surface area contributed by atoms with E-state index in [9.17, 15) is 9.59 Å². The average Bonchev–Trinajstić information content (AvgIpc) is 2.69. The fourth-order valence-corrected chi connectivity index (χ4v) is 2.52. The van der Waals surface area contributed by atoms with E-state index in [4.69, 9.17) is 4.74 Å². The van der Waals surface area contributed by atoms with E-state index in [0.29, 0.717) is 17.0 Å². The van der Waals surface area contributed by atoms with Crippen molar-refractivity contribution < 1.29 is 14.3 Å². The maximum atomic E-state index is 12.5. The van der Waals surface area contributed by atoms with Gasteiger partial charge in [-0.1, -0.05) is 36.4 Å². The van der Waals surface area contributed by atoms with E-state index in [2.05, 4.69) is 5.32 Å². The van der Waals surface area contributed by atoms with Crippen molar-refractivity contribution in [2.75, 3.05) is 18.9 Å². The Morgan fingerprint density at radius 2 is 1.37 bits per heavy atom. The fraction of sp³-hybridized carbons (Fsp3) is 0.0909. The number of rotatable bonds is 6. The molecule has 27 heavy (non-hydrogen) atoms. The van der Waals surface area contributed by atoms with Crippen LogP contribution >= 0.6 is 0 Å². The molecule has 0 spiro atoms. The van der Waals surface area contributed by atoms with Crippen LogP contribution in [-0.4, -0.2) is 30.3 Å². The van der Waals surface area contributed by atoms with Crippen molar-refractivity contribution in [1.82, 2.24) is 4.90 Å². The summed E-state index contributed by atoms with van der Waals surface area (Å²) in [7, 11) is 1.60. The number of amides is 2. The first-order chi connectivity index (χ1) is 13.1. The number of hydrogen-bond donors (Lipinski definition) is 1. The zero-order valence-electron chi connectivity index (χ0n) is 15.0. The van der Waals surface area contributed by atoms with Gasteiger partial charge in [0.25, 0.3) is 5.91 Å². The van der Waals surface area contributed by atoms with Gasteiger partial charge in [0.15, 0.2) is 0 Å². The quantitative estimate of drug-likeness (QED) is 0.717. The van der Waals surface area contributed by atoms with Gasteiger partial charge in [-0.3, -0.25) is 9.59 Å². The van der Waals surface area contributed by atoms with Crippen LogP contribution in [0.3, 0.4) is 0 Å². The van der Waals surface area contributed by atoms with Crippen LogP contribution in [0.5, 0.6) is 11.5 Å². The minimum absolute atomic E-state index is 0.0318. The van der Waals surface area contributed by atoms with E-state index in [1.807, 2.05) is 48.5 Å². The molecule has 0 aliphatic rings. The number of likely N-dealkylation sites (N-methyl/N-ethyl adjacent to an activating group) is 1. The number of ether oxygens (including phenoxy) is 1. The summed E-state index contributed by atoms with van der Waals surface area (Å²) >= 11 is 0.